The van der Waals surface area contributed by atoms with Crippen LogP contribution in [0.2, 0.25) is 10.0 Å². The van der Waals surface area contributed by atoms with Crippen LogP contribution in [0.3, 0.4) is 0 Å². The monoisotopic (exact) mass is 392 g/mol. The molecule has 0 amide bonds. The highest BCUT2D eigenvalue weighted by atomic mass is 35.5. The summed E-state index contributed by atoms with van der Waals surface area (Å²) in [6, 6.07) is 13.6. The van der Waals surface area contributed by atoms with Gasteiger partial charge in [0, 0.05) is 39.6 Å². The van der Waals surface area contributed by atoms with Crippen molar-refractivity contribution in [2.24, 2.45) is 0 Å². The van der Waals surface area contributed by atoms with Crippen molar-refractivity contribution < 1.29 is 5.11 Å². The van der Waals surface area contributed by atoms with Crippen molar-refractivity contribution in [2.75, 3.05) is 0 Å². The first kappa shape index (κ1) is 18.3. The van der Waals surface area contributed by atoms with Gasteiger partial charge >= 0.3 is 0 Å². The zero-order valence-electron chi connectivity index (χ0n) is 13.5. The maximum absolute atomic E-state index is 10.3. The summed E-state index contributed by atoms with van der Waals surface area (Å²) >= 11 is 13.8. The van der Waals surface area contributed by atoms with Gasteiger partial charge in [0.25, 0.3) is 0 Å². The summed E-state index contributed by atoms with van der Waals surface area (Å²) in [5.41, 5.74) is 1.98. The van der Waals surface area contributed by atoms with Gasteiger partial charge in [-0.05, 0) is 41.8 Å². The summed E-state index contributed by atoms with van der Waals surface area (Å²) in [6.07, 6.45) is 5.57. The molecule has 1 unspecified atom stereocenters. The highest BCUT2D eigenvalue weighted by molar-refractivity contribution is 7.98. The molecule has 3 aromatic rings. The number of hydrogen-bond donors (Lipinski definition) is 1. The third kappa shape index (κ3) is 5.25. The second-order valence-electron chi connectivity index (χ2n) is 5.70. The molecule has 0 radical (unpaired) electrons. The van der Waals surface area contributed by atoms with Crippen LogP contribution in [-0.2, 0) is 12.3 Å². The normalized spacial score (nSPS) is 12.3. The van der Waals surface area contributed by atoms with E-state index in [2.05, 4.69) is 4.98 Å². The molecule has 0 saturated carbocycles. The van der Waals surface area contributed by atoms with Crippen LogP contribution in [0.1, 0.15) is 23.7 Å². The van der Waals surface area contributed by atoms with Gasteiger partial charge in [0.05, 0.1) is 12.4 Å². The molecule has 1 N–H and O–H groups in total. The smallest absolute Gasteiger partial charge is 0.0945 e. The predicted molar refractivity (Wildman–Crippen MR) is 104 cm³/mol. The van der Waals surface area contributed by atoms with Crippen LogP contribution >= 0.6 is 35.0 Å². The number of aliphatic hydroxyl groups excluding tert-OH is 1. The second kappa shape index (κ2) is 8.77. The summed E-state index contributed by atoms with van der Waals surface area (Å²) in [5, 5.41) is 11.6. The fourth-order valence-corrected chi connectivity index (χ4v) is 3.90. The first-order valence-electron chi connectivity index (χ1n) is 7.92. The summed E-state index contributed by atoms with van der Waals surface area (Å²) in [5.74, 6) is 0.776. The lowest BCUT2D eigenvalue weighted by Gasteiger charge is -2.12. The Bertz CT molecular complexity index is 807. The van der Waals surface area contributed by atoms with Crippen molar-refractivity contribution in [3.63, 3.8) is 0 Å². The fraction of sp³-hybridized carbons (Fsp3) is 0.211. The molecule has 3 rings (SSSR count). The van der Waals surface area contributed by atoms with E-state index in [4.69, 9.17) is 23.2 Å². The maximum Gasteiger partial charge on any atom is 0.0945 e. The van der Waals surface area contributed by atoms with Crippen LogP contribution in [-0.4, -0.2) is 14.7 Å². The zero-order chi connectivity index (χ0) is 17.6. The Hall–Kier alpha value is -1.46. The largest absolute Gasteiger partial charge is 0.388 e. The lowest BCUT2D eigenvalue weighted by Crippen LogP contribution is -2.03. The Morgan fingerprint density at radius 2 is 1.92 bits per heavy atom. The molecule has 0 spiro atoms. The van der Waals surface area contributed by atoms with Crippen molar-refractivity contribution >= 4 is 35.0 Å². The Morgan fingerprint density at radius 1 is 1.12 bits per heavy atom. The average molecular weight is 393 g/mol. The summed E-state index contributed by atoms with van der Waals surface area (Å²) in [6.45, 7) is 0.743. The molecule has 1 heterocycles. The van der Waals surface area contributed by atoms with Crippen LogP contribution in [0.5, 0.6) is 0 Å². The topological polar surface area (TPSA) is 38.0 Å². The fourth-order valence-electron chi connectivity index (χ4n) is 2.44. The van der Waals surface area contributed by atoms with E-state index in [0.717, 1.165) is 28.3 Å². The number of imidazole rings is 1. The molecular formula is C19H18Cl2N2OS. The minimum absolute atomic E-state index is 0.479. The van der Waals surface area contributed by atoms with E-state index in [1.807, 2.05) is 47.2 Å². The van der Waals surface area contributed by atoms with Gasteiger partial charge < -0.3 is 9.67 Å². The van der Waals surface area contributed by atoms with Gasteiger partial charge in [-0.25, -0.2) is 4.98 Å². The van der Waals surface area contributed by atoms with Crippen molar-refractivity contribution in [1.82, 2.24) is 9.55 Å². The van der Waals surface area contributed by atoms with Crippen LogP contribution in [0.15, 0.2) is 66.1 Å². The molecule has 0 saturated heterocycles. The average Bonchev–Trinajstić information content (AvgIpc) is 3.13. The molecule has 2 aromatic carbocycles. The van der Waals surface area contributed by atoms with E-state index in [1.165, 1.54) is 0 Å². The third-order valence-electron chi connectivity index (χ3n) is 3.89. The van der Waals surface area contributed by atoms with E-state index in [9.17, 15) is 5.11 Å². The first-order chi connectivity index (χ1) is 12.1. The Morgan fingerprint density at radius 3 is 2.60 bits per heavy atom. The molecule has 0 aliphatic carbocycles. The number of benzene rings is 2. The molecule has 0 aliphatic heterocycles. The number of halogens is 2. The molecule has 6 heteroatoms. The van der Waals surface area contributed by atoms with Crippen LogP contribution < -0.4 is 0 Å². The number of hydrogen-bond acceptors (Lipinski definition) is 3. The van der Waals surface area contributed by atoms with Gasteiger partial charge in [0.2, 0.25) is 0 Å². The minimum atomic E-state index is -0.479. The molecule has 0 fully saturated rings. The van der Waals surface area contributed by atoms with E-state index in [0.29, 0.717) is 16.5 Å². The summed E-state index contributed by atoms with van der Waals surface area (Å²) < 4.78 is 1.96. The van der Waals surface area contributed by atoms with E-state index in [1.54, 1.807) is 30.4 Å². The van der Waals surface area contributed by atoms with E-state index >= 15 is 0 Å². The van der Waals surface area contributed by atoms with E-state index < -0.39 is 6.10 Å². The molecule has 3 nitrogen and oxygen atoms in total. The van der Waals surface area contributed by atoms with Gasteiger partial charge in [0.15, 0.2) is 0 Å². The maximum atomic E-state index is 10.3. The standard InChI is InChI=1S/C19H18Cl2N2OS/c20-16-4-1-15(18(21)11-16)12-25-17-5-2-14(3-6-17)19(24)7-9-23-10-8-22-13-23/h1-6,8,10-11,13,19,24H,7,9,12H2. The SMILES string of the molecule is OC(CCn1ccnc1)c1ccc(SCc2ccc(Cl)cc2Cl)cc1. The van der Waals surface area contributed by atoms with Crippen molar-refractivity contribution in [3.8, 4) is 0 Å². The molecule has 130 valence electrons. The number of rotatable bonds is 7. The highest BCUT2D eigenvalue weighted by Crippen LogP contribution is 2.29. The predicted octanol–water partition coefficient (Wildman–Crippen LogP) is 5.61. The molecular weight excluding hydrogens is 375 g/mol. The quantitative estimate of drug-likeness (QED) is 0.531. The van der Waals surface area contributed by atoms with Crippen molar-refractivity contribution in [3.05, 3.63) is 82.4 Å². The molecule has 0 bridgehead atoms. The minimum Gasteiger partial charge on any atom is -0.388 e. The first-order valence-corrected chi connectivity index (χ1v) is 9.66. The van der Waals surface area contributed by atoms with Crippen LogP contribution in [0.4, 0.5) is 0 Å². The van der Waals surface area contributed by atoms with Gasteiger partial charge in [-0.1, -0.05) is 41.4 Å². The number of aliphatic hydroxyl groups is 1. The molecule has 1 atom stereocenters. The van der Waals surface area contributed by atoms with Gasteiger partial charge in [-0.3, -0.25) is 0 Å². The number of aryl methyl sites for hydroxylation is 1. The van der Waals surface area contributed by atoms with Gasteiger partial charge in [-0.15, -0.1) is 11.8 Å². The van der Waals surface area contributed by atoms with Crippen LogP contribution in [0.25, 0.3) is 0 Å². The number of nitrogens with zero attached hydrogens (tertiary/aromatic N) is 2. The third-order valence-corrected chi connectivity index (χ3v) is 5.54. The second-order valence-corrected chi connectivity index (χ2v) is 7.59. The number of thioether (sulfide) groups is 1. The van der Waals surface area contributed by atoms with Crippen molar-refractivity contribution in [2.45, 2.75) is 29.7 Å². The van der Waals surface area contributed by atoms with Crippen LogP contribution in [0, 0.1) is 0 Å². The summed E-state index contributed by atoms with van der Waals surface area (Å²) in [7, 11) is 0. The van der Waals surface area contributed by atoms with Gasteiger partial charge in [0.1, 0.15) is 0 Å². The van der Waals surface area contributed by atoms with Crippen molar-refractivity contribution in [1.29, 1.82) is 0 Å². The summed E-state index contributed by atoms with van der Waals surface area (Å²) in [4.78, 5) is 5.14. The Balaban J connectivity index is 1.54. The Labute approximate surface area is 161 Å². The van der Waals surface area contributed by atoms with E-state index in [-0.39, 0.29) is 0 Å². The zero-order valence-corrected chi connectivity index (χ0v) is 15.8. The molecule has 25 heavy (non-hydrogen) atoms. The molecule has 0 aliphatic rings. The highest BCUT2D eigenvalue weighted by Gasteiger charge is 2.08. The molecule has 1 aromatic heterocycles. The van der Waals surface area contributed by atoms with Gasteiger partial charge in [-0.2, -0.15) is 0 Å². The lowest BCUT2D eigenvalue weighted by atomic mass is 10.1. The Kier molecular flexibility index (Phi) is 6.43. The lowest BCUT2D eigenvalue weighted by molar-refractivity contribution is 0.161. The number of aromatic nitrogens is 2.